The van der Waals surface area contributed by atoms with Gasteiger partial charge in [-0.15, -0.1) is 0 Å². The number of carbonyl (C=O) groups is 1. The zero-order valence-electron chi connectivity index (χ0n) is 11.2. The number of rotatable bonds is 1. The van der Waals surface area contributed by atoms with Crippen LogP contribution in [-0.4, -0.2) is 10.6 Å². The lowest BCUT2D eigenvalue weighted by atomic mass is 9.62. The van der Waals surface area contributed by atoms with E-state index in [1.807, 2.05) is 6.07 Å². The number of hydrogen-bond donors (Lipinski definition) is 0. The molecule has 18 heavy (non-hydrogen) atoms. The number of hydrogen-bond acceptors (Lipinski definition) is 1. The van der Waals surface area contributed by atoms with Crippen molar-refractivity contribution in [2.75, 3.05) is 0 Å². The minimum atomic E-state index is -0.184. The summed E-state index contributed by atoms with van der Waals surface area (Å²) in [6, 6.07) is 10.6. The summed E-state index contributed by atoms with van der Waals surface area (Å²) in [7, 11) is 0. The third kappa shape index (κ3) is 1.07. The molecule has 2 saturated carbocycles. The minimum absolute atomic E-state index is 0.00655. The fourth-order valence-corrected chi connectivity index (χ4v) is 5.90. The van der Waals surface area contributed by atoms with Crippen molar-refractivity contribution in [1.82, 2.24) is 0 Å². The first kappa shape index (κ1) is 12.4. The summed E-state index contributed by atoms with van der Waals surface area (Å²) in [5.74, 6) is 0.391. The maximum absolute atomic E-state index is 12.6. The van der Waals surface area contributed by atoms with Crippen molar-refractivity contribution in [2.45, 2.75) is 43.9 Å². The summed E-state index contributed by atoms with van der Waals surface area (Å²) < 4.78 is 0. The number of benzene rings is 1. The Balaban J connectivity index is 2.26. The average molecular weight is 307 g/mol. The lowest BCUT2D eigenvalue weighted by molar-refractivity contribution is -0.127. The van der Waals surface area contributed by atoms with Gasteiger partial charge in [-0.05, 0) is 23.8 Å². The van der Waals surface area contributed by atoms with E-state index in [1.54, 1.807) is 0 Å². The SMILES string of the molecule is CC12CCC(c3ccccc3)(C(Br)C1=O)C2(C)C. The van der Waals surface area contributed by atoms with E-state index in [1.165, 1.54) is 5.56 Å². The molecule has 1 aromatic carbocycles. The van der Waals surface area contributed by atoms with Crippen LogP contribution in [0.3, 0.4) is 0 Å². The molecule has 0 radical (unpaired) electrons. The molecule has 0 aromatic heterocycles. The lowest BCUT2D eigenvalue weighted by Gasteiger charge is -2.41. The van der Waals surface area contributed by atoms with Crippen LogP contribution in [0.25, 0.3) is 0 Å². The molecule has 2 bridgehead atoms. The fourth-order valence-electron chi connectivity index (χ4n) is 4.33. The summed E-state index contributed by atoms with van der Waals surface area (Å²) in [4.78, 5) is 12.6. The van der Waals surface area contributed by atoms with Gasteiger partial charge in [-0.1, -0.05) is 67.0 Å². The van der Waals surface area contributed by atoms with E-state index in [2.05, 4.69) is 61.0 Å². The highest BCUT2D eigenvalue weighted by molar-refractivity contribution is 9.10. The van der Waals surface area contributed by atoms with Crippen molar-refractivity contribution >= 4 is 21.7 Å². The van der Waals surface area contributed by atoms with Crippen LogP contribution in [0.4, 0.5) is 0 Å². The molecule has 1 nitrogen and oxygen atoms in total. The molecule has 0 heterocycles. The van der Waals surface area contributed by atoms with E-state index in [4.69, 9.17) is 0 Å². The molecule has 0 saturated heterocycles. The van der Waals surface area contributed by atoms with Gasteiger partial charge >= 0.3 is 0 Å². The third-order valence-corrected chi connectivity index (χ3v) is 7.21. The third-order valence-electron chi connectivity index (χ3n) is 6.01. The topological polar surface area (TPSA) is 17.1 Å². The average Bonchev–Trinajstić information content (AvgIpc) is 2.63. The molecule has 2 heteroatoms. The molecule has 3 atom stereocenters. The molecule has 3 rings (SSSR count). The molecule has 0 spiro atoms. The quantitative estimate of drug-likeness (QED) is 0.714. The van der Waals surface area contributed by atoms with E-state index in [9.17, 15) is 4.79 Å². The number of halogens is 1. The Morgan fingerprint density at radius 3 is 2.22 bits per heavy atom. The second kappa shape index (κ2) is 3.47. The van der Waals surface area contributed by atoms with Crippen LogP contribution in [0.2, 0.25) is 0 Å². The minimum Gasteiger partial charge on any atom is -0.298 e. The first-order valence-corrected chi connectivity index (χ1v) is 7.53. The van der Waals surface area contributed by atoms with Crippen molar-refractivity contribution in [3.05, 3.63) is 35.9 Å². The first-order valence-electron chi connectivity index (χ1n) is 6.62. The summed E-state index contributed by atoms with van der Waals surface area (Å²) in [5, 5.41) is 0. The van der Waals surface area contributed by atoms with Gasteiger partial charge in [0.15, 0.2) is 5.78 Å². The van der Waals surface area contributed by atoms with Crippen LogP contribution in [0.15, 0.2) is 30.3 Å². The van der Waals surface area contributed by atoms with Gasteiger partial charge < -0.3 is 0 Å². The Bertz CT molecular complexity index is 507. The van der Waals surface area contributed by atoms with Gasteiger partial charge in [0.1, 0.15) is 0 Å². The Hall–Kier alpha value is -0.630. The normalized spacial score (nSPS) is 41.3. The second-order valence-electron chi connectivity index (χ2n) is 6.52. The molecule has 0 amide bonds. The standard InChI is InChI=1S/C16H19BrO/c1-14(2)15(3)9-10-16(14,12(17)13(15)18)11-7-5-4-6-8-11/h4-8,12H,9-10H2,1-3H3. The number of fused-ring (bicyclic) bond motifs is 2. The smallest absolute Gasteiger partial charge is 0.153 e. The van der Waals surface area contributed by atoms with Crippen LogP contribution in [0.1, 0.15) is 39.2 Å². The van der Waals surface area contributed by atoms with Crippen molar-refractivity contribution in [3.63, 3.8) is 0 Å². The van der Waals surface area contributed by atoms with Gasteiger partial charge in [0, 0.05) is 10.8 Å². The largest absolute Gasteiger partial charge is 0.298 e. The number of carbonyl (C=O) groups excluding carboxylic acids is 1. The zero-order chi connectivity index (χ0) is 13.2. The molecule has 0 aliphatic heterocycles. The summed E-state index contributed by atoms with van der Waals surface area (Å²) in [6.07, 6.45) is 2.11. The maximum Gasteiger partial charge on any atom is 0.153 e. The Morgan fingerprint density at radius 2 is 1.72 bits per heavy atom. The second-order valence-corrected chi connectivity index (χ2v) is 7.44. The maximum atomic E-state index is 12.6. The molecule has 1 aromatic rings. The van der Waals surface area contributed by atoms with Gasteiger partial charge in [0.05, 0.1) is 4.83 Å². The van der Waals surface area contributed by atoms with E-state index in [0.29, 0.717) is 5.78 Å². The highest BCUT2D eigenvalue weighted by Crippen LogP contribution is 2.72. The molecular weight excluding hydrogens is 288 g/mol. The summed E-state index contributed by atoms with van der Waals surface area (Å²) in [6.45, 7) is 6.69. The summed E-state index contributed by atoms with van der Waals surface area (Å²) in [5.41, 5.74) is 1.09. The van der Waals surface area contributed by atoms with Crippen LogP contribution in [0, 0.1) is 10.8 Å². The molecular formula is C16H19BrO. The molecule has 0 N–H and O–H groups in total. The molecule has 2 fully saturated rings. The van der Waals surface area contributed by atoms with Crippen molar-refractivity contribution in [3.8, 4) is 0 Å². The molecule has 2 aliphatic carbocycles. The Kier molecular flexibility index (Phi) is 2.39. The fraction of sp³-hybridized carbons (Fsp3) is 0.562. The van der Waals surface area contributed by atoms with E-state index < -0.39 is 0 Å². The molecule has 96 valence electrons. The lowest BCUT2D eigenvalue weighted by Crippen LogP contribution is -2.41. The predicted octanol–water partition coefficient (Wildman–Crippen LogP) is 4.10. The van der Waals surface area contributed by atoms with Crippen LogP contribution in [0.5, 0.6) is 0 Å². The molecule has 3 unspecified atom stereocenters. The van der Waals surface area contributed by atoms with E-state index in [0.717, 1.165) is 12.8 Å². The zero-order valence-corrected chi connectivity index (χ0v) is 12.8. The van der Waals surface area contributed by atoms with Crippen LogP contribution < -0.4 is 0 Å². The monoisotopic (exact) mass is 306 g/mol. The van der Waals surface area contributed by atoms with Gasteiger partial charge in [-0.25, -0.2) is 0 Å². The number of alkyl halides is 1. The van der Waals surface area contributed by atoms with Crippen molar-refractivity contribution in [2.24, 2.45) is 10.8 Å². The van der Waals surface area contributed by atoms with Crippen LogP contribution >= 0.6 is 15.9 Å². The summed E-state index contributed by atoms with van der Waals surface area (Å²) >= 11 is 3.72. The number of Topliss-reactive ketones (excluding diaryl/α,β-unsaturated/α-hetero) is 1. The Morgan fingerprint density at radius 1 is 1.11 bits per heavy atom. The van der Waals surface area contributed by atoms with Crippen molar-refractivity contribution in [1.29, 1.82) is 0 Å². The van der Waals surface area contributed by atoms with Gasteiger partial charge in [-0.2, -0.15) is 0 Å². The van der Waals surface area contributed by atoms with Gasteiger partial charge in [0.25, 0.3) is 0 Å². The van der Waals surface area contributed by atoms with E-state index >= 15 is 0 Å². The molecule has 2 aliphatic rings. The predicted molar refractivity (Wildman–Crippen MR) is 77.0 cm³/mol. The van der Waals surface area contributed by atoms with Crippen molar-refractivity contribution < 1.29 is 4.79 Å². The van der Waals surface area contributed by atoms with Gasteiger partial charge in [-0.3, -0.25) is 4.79 Å². The van der Waals surface area contributed by atoms with E-state index in [-0.39, 0.29) is 21.1 Å². The highest BCUT2D eigenvalue weighted by Gasteiger charge is 2.74. The number of ketones is 1. The van der Waals surface area contributed by atoms with Gasteiger partial charge in [0.2, 0.25) is 0 Å². The van der Waals surface area contributed by atoms with Crippen LogP contribution in [-0.2, 0) is 10.2 Å². The Labute approximate surface area is 117 Å². The highest BCUT2D eigenvalue weighted by atomic mass is 79.9. The first-order chi connectivity index (χ1) is 8.38.